The molecular formula is C92H136F2N12O25S2. The molecule has 8 N–H and O–H groups in total. The highest BCUT2D eigenvalue weighted by Gasteiger charge is 2.61. The Kier molecular flexibility index (Phi) is 38.8. The fraction of sp³-hybridized carbons (Fsp3) is 0.696. The quantitative estimate of drug-likeness (QED) is 0.0252. The van der Waals surface area contributed by atoms with Crippen LogP contribution < -0.4 is 17.4 Å². The van der Waals surface area contributed by atoms with Crippen molar-refractivity contribution in [2.45, 2.75) is 323 Å². The lowest BCUT2D eigenvalue weighted by Crippen LogP contribution is -2.62. The van der Waals surface area contributed by atoms with Crippen LogP contribution in [0.2, 0.25) is 0 Å². The molecule has 0 aliphatic carbocycles. The van der Waals surface area contributed by atoms with Gasteiger partial charge in [-0.3, -0.25) is 48.4 Å². The Balaban J connectivity index is 0.000000287. The highest BCUT2D eigenvalue weighted by atomic mass is 32.1. The van der Waals surface area contributed by atoms with Gasteiger partial charge in [0.15, 0.2) is 48.7 Å². The van der Waals surface area contributed by atoms with Crippen molar-refractivity contribution in [2.24, 2.45) is 56.5 Å². The first-order valence-electron chi connectivity index (χ1n) is 44.9. The summed E-state index contributed by atoms with van der Waals surface area (Å²) in [6, 6.07) is 6.55. The van der Waals surface area contributed by atoms with Crippen molar-refractivity contribution < 1.29 is 129 Å². The molecule has 0 unspecified atom stereocenters. The molecule has 4 aromatic rings. The number of esters is 4. The molecular weight excluding hydrogens is 1780 g/mol. The number of carbonyl (C=O) groups excluding carboxylic acids is 9. The second-order valence-electron chi connectivity index (χ2n) is 36.8. The first-order valence-corrected chi connectivity index (χ1v) is 46.7. The number of Topliss-reactive ketones (excluding diaryl/α,β-unsaturated/α-hetero) is 3. The summed E-state index contributed by atoms with van der Waals surface area (Å²) >= 11 is 2.88. The van der Waals surface area contributed by atoms with Crippen molar-refractivity contribution in [1.82, 2.24) is 29.7 Å². The fourth-order valence-corrected chi connectivity index (χ4v) is 19.6. The molecule has 0 radical (unpaired) electrons. The van der Waals surface area contributed by atoms with Gasteiger partial charge in [0.1, 0.15) is 70.6 Å². The molecule has 41 heteroatoms. The van der Waals surface area contributed by atoms with Crippen LogP contribution in [0.3, 0.4) is 0 Å². The smallest absolute Gasteiger partial charge is 0.351 e. The average molecular weight is 1910 g/mol. The van der Waals surface area contributed by atoms with Gasteiger partial charge >= 0.3 is 23.9 Å². The molecule has 6 saturated heterocycles. The van der Waals surface area contributed by atoms with Crippen LogP contribution in [0, 0.1) is 35.5 Å². The largest absolute Gasteiger partial charge is 0.457 e. The van der Waals surface area contributed by atoms with E-state index in [0.29, 0.717) is 53.2 Å². The maximum atomic E-state index is 17.1. The third kappa shape index (κ3) is 27.3. The molecule has 4 bridgehead atoms. The van der Waals surface area contributed by atoms with Gasteiger partial charge in [-0.05, 0) is 158 Å². The van der Waals surface area contributed by atoms with E-state index in [1.54, 1.807) is 91.5 Å². The van der Waals surface area contributed by atoms with Crippen LogP contribution in [-0.4, -0.2) is 284 Å². The van der Waals surface area contributed by atoms with Crippen LogP contribution in [0.4, 0.5) is 20.4 Å². The first kappa shape index (κ1) is 110. The molecule has 37 nitrogen and oxygen atoms in total. The highest BCUT2D eigenvalue weighted by Crippen LogP contribution is 2.46. The minimum atomic E-state index is -3.26. The number of aliphatic imine (C=N–C) groups is 2. The summed E-state index contributed by atoms with van der Waals surface area (Å²) < 4.78 is 109. The van der Waals surface area contributed by atoms with Crippen molar-refractivity contribution in [1.29, 1.82) is 0 Å². The topological polar surface area (TPSA) is 496 Å². The third-order valence-electron chi connectivity index (χ3n) is 25.2. The summed E-state index contributed by atoms with van der Waals surface area (Å²) in [5.74, 6) is -8.22. The number of nitrogens with zero attached hydrogens (tertiary/aromatic N) is 9. The van der Waals surface area contributed by atoms with Crippen LogP contribution in [0.25, 0.3) is 21.1 Å². The Labute approximate surface area is 784 Å². The lowest BCUT2D eigenvalue weighted by Gasteiger charge is -2.48. The molecule has 2 amide bonds. The molecule has 133 heavy (non-hydrogen) atoms. The summed E-state index contributed by atoms with van der Waals surface area (Å²) in [7, 11) is 7.26. The third-order valence-corrected chi connectivity index (χ3v) is 27.0. The van der Waals surface area contributed by atoms with Gasteiger partial charge in [0, 0.05) is 96.1 Å². The van der Waals surface area contributed by atoms with Crippen LogP contribution in [-0.2, 0) is 123 Å². The van der Waals surface area contributed by atoms with Gasteiger partial charge in [0.2, 0.25) is 11.8 Å². The molecule has 6 aliphatic heterocycles. The first-order chi connectivity index (χ1) is 62.2. The van der Waals surface area contributed by atoms with E-state index in [9.17, 15) is 53.4 Å². The second kappa shape index (κ2) is 47.0. The Morgan fingerprint density at radius 1 is 0.564 bits per heavy atom. The van der Waals surface area contributed by atoms with E-state index < -0.39 is 221 Å². The Morgan fingerprint density at radius 3 is 1.30 bits per heavy atom. The lowest BCUT2D eigenvalue weighted by atomic mass is 9.73. The van der Waals surface area contributed by atoms with Gasteiger partial charge in [-0.1, -0.05) is 74.4 Å². The number of carbonyl (C=O) groups is 9. The van der Waals surface area contributed by atoms with Crippen LogP contribution in [0.5, 0.6) is 0 Å². The Bertz CT molecular complexity index is 4750. The molecule has 26 atom stereocenters. The average Bonchev–Trinajstić information content (AvgIpc) is 0.959. The number of pyridine rings is 2. The standard InChI is InChI=1S/C46H67FN6O12S.C37H59FN2O12.C9H10N4OS/c1-13-33-46(10,58)40-26(5)36(51-35(55)14-2)24(3)18-44(8,60-21-31(20-59-40)52-61-22-30-16-15-29(19-49-30)41-50-34(48)23-66-41)39(27(6)38(56)45(9,47)43(57)64-33)65-42-37(63-28(7)54)32(53(11)12)17-25(4)62-42;1-13-26-37(10,46)32-21(5)28(39-27(43)14-2)19(3)16-35(8,48-18-24(42)17-47-32)31(22(6)30(44)36(9,38)34(45)51-26)52-33-29(50-23(7)41)25(40(11)12)15-20(4)49-33;10-8-5-15-9(13-8)6-1-2-7(4-14-11)12-3-6/h15-16,19,23-27,32-33,37,39-40,42,58H,13-14,17-18,20-22,48H2,1-12H3;19-22,25-26,29,31-33,46H,13-18H2,1-12H3;1-3,5H,4,10-11H2/t24-,25-,26+,27+,32+,33-,37-,39-,40-,42+,44-,45+,46-;19-,20-,21+,22+,25+,26-,29-,31-,32-,33+,35-,36+,37-;/m11./s1. The van der Waals surface area contributed by atoms with Gasteiger partial charge in [-0.15, -0.1) is 22.7 Å². The van der Waals surface area contributed by atoms with Crippen molar-refractivity contribution in [3.05, 3.63) is 58.8 Å². The summed E-state index contributed by atoms with van der Waals surface area (Å²) in [5, 5.41) is 34.1. The number of aliphatic hydroxyl groups is 2. The van der Waals surface area contributed by atoms with E-state index >= 15 is 8.78 Å². The predicted octanol–water partition coefficient (Wildman–Crippen LogP) is 9.62. The number of hydrogen-bond acceptors (Lipinski definition) is 37. The van der Waals surface area contributed by atoms with E-state index in [4.69, 9.17) is 79.0 Å². The molecule has 10 rings (SSSR count). The van der Waals surface area contributed by atoms with Gasteiger partial charge in [-0.25, -0.2) is 44.2 Å². The summed E-state index contributed by atoms with van der Waals surface area (Å²) in [5.41, 5.74) is 1.29. The molecule has 10 heterocycles. The molecule has 740 valence electrons. The number of thiazole rings is 2. The molecule has 6 fully saturated rings. The van der Waals surface area contributed by atoms with Crippen molar-refractivity contribution in [3.63, 3.8) is 0 Å². The van der Waals surface area contributed by atoms with E-state index in [1.165, 1.54) is 64.2 Å². The summed E-state index contributed by atoms with van der Waals surface area (Å²) in [6.07, 6.45) is -9.49. The van der Waals surface area contributed by atoms with E-state index in [2.05, 4.69) is 39.9 Å². The van der Waals surface area contributed by atoms with E-state index in [0.717, 1.165) is 35.7 Å². The van der Waals surface area contributed by atoms with Gasteiger partial charge in [0.25, 0.3) is 11.3 Å². The van der Waals surface area contributed by atoms with Crippen molar-refractivity contribution in [2.75, 3.05) is 66.1 Å². The van der Waals surface area contributed by atoms with E-state index in [1.807, 2.05) is 77.0 Å². The zero-order valence-electron chi connectivity index (χ0n) is 80.7. The number of alkyl halides is 2. The monoisotopic (exact) mass is 1910 g/mol. The van der Waals surface area contributed by atoms with Gasteiger partial charge < -0.3 is 93.2 Å². The SMILES string of the molecule is CCC(=O)N=C1[C@H](C)C[C@@]2(C)OCC(=NOCc3ccc(-c4nc(N)cs4)cn3)CO[C@H]([C@H]1C)[C@](C)(O)[C@@H](CC)OC(=O)[C@@](C)(F)C(=O)[C@H](C)[C@H]2O[C@@H]1O[C@H](C)C[C@H](N(C)C)[C@H]1OC(C)=O.CCC(=O)N=C1[C@H](C)C[C@@]2(C)OCC(=O)CO[C@H]([C@H]1C)[C@](C)(O)[C@@H](CC)OC(=O)[C@@](C)(F)C(=O)[C@H](C)[C@H]2O[C@@H]1O[C@H](C)C[C@H](N(C)C)[C@H]1OC(C)=O.NOCc1ccc(-c2nc(N)cs2)cn1. The predicted molar refractivity (Wildman–Crippen MR) is 488 cm³/mol. The molecule has 0 aromatic carbocycles. The molecule has 0 spiro atoms. The van der Waals surface area contributed by atoms with Crippen LogP contribution >= 0.6 is 22.7 Å². The molecule has 6 aliphatic rings. The Hall–Kier alpha value is -8.50. The number of amides is 2. The molecule has 0 saturated carbocycles. The number of cyclic esters (lactones) is 2. The number of likely N-dealkylation sites (N-methyl/N-ethyl adjacent to an activating group) is 2. The summed E-state index contributed by atoms with van der Waals surface area (Å²) in [4.78, 5) is 161. The fourth-order valence-electron chi connectivity index (χ4n) is 18.2. The normalized spacial score (nSPS) is 35.7. The minimum absolute atomic E-state index is 0.0241. The van der Waals surface area contributed by atoms with Crippen LogP contribution in [0.1, 0.15) is 201 Å². The maximum Gasteiger partial charge on any atom is 0.351 e. The number of fused-ring (bicyclic) bond motifs is 10. The van der Waals surface area contributed by atoms with Gasteiger partial charge in [0.05, 0.1) is 84.5 Å². The lowest BCUT2D eigenvalue weighted by molar-refractivity contribution is -0.299. The summed E-state index contributed by atoms with van der Waals surface area (Å²) in [6.45, 7) is 28.6. The zero-order valence-corrected chi connectivity index (χ0v) is 82.3. The van der Waals surface area contributed by atoms with E-state index in [-0.39, 0.29) is 64.1 Å². The number of ether oxygens (including phenoxy) is 12. The van der Waals surface area contributed by atoms with Crippen LogP contribution in [0.15, 0.2) is 62.6 Å². The number of rotatable bonds is 19. The second-order valence-corrected chi connectivity index (χ2v) is 38.5. The molecule has 4 aromatic heterocycles. The van der Waals surface area contributed by atoms with Gasteiger partial charge in [-0.2, -0.15) is 0 Å². The number of oxime groups is 1. The maximum absolute atomic E-state index is 17.1. The number of anilines is 2. The number of nitrogens with two attached hydrogens (primary N) is 3. The zero-order chi connectivity index (χ0) is 99.1. The van der Waals surface area contributed by atoms with Crippen molar-refractivity contribution >= 4 is 104 Å². The number of halogens is 2. The van der Waals surface area contributed by atoms with Crippen molar-refractivity contribution in [3.8, 4) is 21.1 Å². The minimum Gasteiger partial charge on any atom is -0.457 e. The number of hydrogen-bond donors (Lipinski definition) is 5. The number of aromatic nitrogens is 4. The Morgan fingerprint density at radius 2 is 0.955 bits per heavy atom. The highest BCUT2D eigenvalue weighted by molar-refractivity contribution is 7.13. The number of nitrogen functional groups attached to an aromatic ring is 2. The number of ketones is 3.